The zero-order valence-electron chi connectivity index (χ0n) is 15.7. The summed E-state index contributed by atoms with van der Waals surface area (Å²) in [4.78, 5) is 20.7. The molecule has 1 aromatic heterocycles. The van der Waals surface area contributed by atoms with Gasteiger partial charge in [-0.25, -0.2) is 8.42 Å². The summed E-state index contributed by atoms with van der Waals surface area (Å²) in [6.07, 6.45) is 3.45. The van der Waals surface area contributed by atoms with Crippen molar-refractivity contribution in [3.63, 3.8) is 0 Å². The Labute approximate surface area is 164 Å². The number of amides is 1. The van der Waals surface area contributed by atoms with Crippen LogP contribution in [0.2, 0.25) is 0 Å². The number of piperazine rings is 1. The lowest BCUT2D eigenvalue weighted by atomic mass is 10.0. The summed E-state index contributed by atoms with van der Waals surface area (Å²) in [5, 5.41) is 0. The van der Waals surface area contributed by atoms with Gasteiger partial charge in [-0.3, -0.25) is 14.7 Å². The van der Waals surface area contributed by atoms with E-state index in [2.05, 4.69) is 4.98 Å². The Morgan fingerprint density at radius 3 is 2.57 bits per heavy atom. The summed E-state index contributed by atoms with van der Waals surface area (Å²) in [5.41, 5.74) is 1.68. The highest BCUT2D eigenvalue weighted by Gasteiger charge is 2.49. The number of sulfone groups is 1. The molecule has 0 radical (unpaired) electrons. The zero-order valence-corrected chi connectivity index (χ0v) is 16.5. The highest BCUT2D eigenvalue weighted by atomic mass is 32.2. The third kappa shape index (κ3) is 3.74. The molecule has 1 aromatic carbocycles. The summed E-state index contributed by atoms with van der Waals surface area (Å²) in [7, 11) is -3.21. The van der Waals surface area contributed by atoms with Crippen molar-refractivity contribution in [2.45, 2.75) is 25.6 Å². The fourth-order valence-electron chi connectivity index (χ4n) is 4.06. The number of aromatic nitrogens is 1. The third-order valence-corrected chi connectivity index (χ3v) is 6.93. The molecule has 0 spiro atoms. The van der Waals surface area contributed by atoms with E-state index < -0.39 is 9.84 Å². The molecule has 2 aromatic rings. The highest BCUT2D eigenvalue weighted by molar-refractivity contribution is 7.91. The van der Waals surface area contributed by atoms with E-state index in [1.54, 1.807) is 17.3 Å². The van der Waals surface area contributed by atoms with E-state index in [0.717, 1.165) is 11.3 Å². The minimum atomic E-state index is -3.21. The second kappa shape index (κ2) is 7.52. The van der Waals surface area contributed by atoms with Crippen LogP contribution >= 0.6 is 0 Å². The van der Waals surface area contributed by atoms with Crippen molar-refractivity contribution >= 4 is 21.4 Å². The SMILES string of the molecule is CCOc1ccc(N2C(=O)CN(Cc3cccnc3)[C@H]3CS(=O)(=O)C[C@H]32)cc1. The summed E-state index contributed by atoms with van der Waals surface area (Å²) in [5.74, 6) is 0.690. The van der Waals surface area contributed by atoms with E-state index in [4.69, 9.17) is 4.74 Å². The molecule has 2 saturated heterocycles. The van der Waals surface area contributed by atoms with Crippen molar-refractivity contribution < 1.29 is 17.9 Å². The van der Waals surface area contributed by atoms with Gasteiger partial charge >= 0.3 is 0 Å². The zero-order chi connectivity index (χ0) is 19.7. The number of hydrogen-bond donors (Lipinski definition) is 0. The van der Waals surface area contributed by atoms with E-state index in [9.17, 15) is 13.2 Å². The third-order valence-electron chi connectivity index (χ3n) is 5.24. The fourth-order valence-corrected chi connectivity index (χ4v) is 6.04. The predicted octanol–water partition coefficient (Wildman–Crippen LogP) is 1.49. The van der Waals surface area contributed by atoms with Gasteiger partial charge in [-0.15, -0.1) is 0 Å². The number of anilines is 1. The maximum atomic E-state index is 13.0. The maximum absolute atomic E-state index is 13.0. The number of fused-ring (bicyclic) bond motifs is 1. The monoisotopic (exact) mass is 401 g/mol. The second-order valence-electron chi connectivity index (χ2n) is 7.17. The van der Waals surface area contributed by atoms with Gasteiger partial charge in [-0.1, -0.05) is 6.07 Å². The van der Waals surface area contributed by atoms with Crippen molar-refractivity contribution in [2.75, 3.05) is 29.6 Å². The van der Waals surface area contributed by atoms with Crippen LogP contribution in [0.4, 0.5) is 5.69 Å². The average Bonchev–Trinajstić information content (AvgIpc) is 2.99. The van der Waals surface area contributed by atoms with E-state index >= 15 is 0 Å². The van der Waals surface area contributed by atoms with Gasteiger partial charge in [0.15, 0.2) is 9.84 Å². The molecule has 0 N–H and O–H groups in total. The quantitative estimate of drug-likeness (QED) is 0.755. The molecule has 0 bridgehead atoms. The molecule has 2 aliphatic heterocycles. The molecule has 8 heteroatoms. The van der Waals surface area contributed by atoms with E-state index in [1.807, 2.05) is 48.2 Å². The number of ether oxygens (including phenoxy) is 1. The topological polar surface area (TPSA) is 79.8 Å². The van der Waals surface area contributed by atoms with Crippen molar-refractivity contribution in [1.82, 2.24) is 9.88 Å². The van der Waals surface area contributed by atoms with Gasteiger partial charge in [0.1, 0.15) is 5.75 Å². The highest BCUT2D eigenvalue weighted by Crippen LogP contribution is 2.33. The van der Waals surface area contributed by atoms with E-state index in [-0.39, 0.29) is 36.0 Å². The van der Waals surface area contributed by atoms with Crippen LogP contribution in [0.5, 0.6) is 5.75 Å². The first-order valence-electron chi connectivity index (χ1n) is 9.35. The number of hydrogen-bond acceptors (Lipinski definition) is 6. The molecule has 4 rings (SSSR count). The van der Waals surface area contributed by atoms with Gasteiger partial charge in [0.25, 0.3) is 0 Å². The molecule has 28 heavy (non-hydrogen) atoms. The second-order valence-corrected chi connectivity index (χ2v) is 9.32. The smallest absolute Gasteiger partial charge is 0.241 e. The fraction of sp³-hybridized carbons (Fsp3) is 0.400. The van der Waals surface area contributed by atoms with Crippen molar-refractivity contribution in [1.29, 1.82) is 0 Å². The number of carbonyl (C=O) groups is 1. The minimum Gasteiger partial charge on any atom is -0.494 e. The molecule has 0 aliphatic carbocycles. The van der Waals surface area contributed by atoms with Crippen LogP contribution in [0.25, 0.3) is 0 Å². The summed E-state index contributed by atoms with van der Waals surface area (Å²) < 4.78 is 30.3. The molecule has 148 valence electrons. The standard InChI is InChI=1S/C20H23N3O4S/c1-2-27-17-7-5-16(6-8-17)23-19-14-28(25,26)13-18(19)22(12-20(23)24)11-15-4-3-9-21-10-15/h3-10,18-19H,2,11-14H2,1H3/t18-,19+/m0/s1. The maximum Gasteiger partial charge on any atom is 0.241 e. The first kappa shape index (κ1) is 18.9. The Bertz CT molecular complexity index is 947. The van der Waals surface area contributed by atoms with E-state index in [0.29, 0.717) is 18.8 Å². The van der Waals surface area contributed by atoms with Crippen molar-refractivity contribution in [3.8, 4) is 5.75 Å². The van der Waals surface area contributed by atoms with Crippen LogP contribution in [0, 0.1) is 0 Å². The van der Waals surface area contributed by atoms with Crippen LogP contribution in [-0.2, 0) is 21.2 Å². The lowest BCUT2D eigenvalue weighted by Crippen LogP contribution is -2.61. The summed E-state index contributed by atoms with van der Waals surface area (Å²) in [6, 6.07) is 10.4. The normalized spacial score (nSPS) is 24.2. The number of carbonyl (C=O) groups excluding carboxylic acids is 1. The van der Waals surface area contributed by atoms with Gasteiger partial charge in [-0.2, -0.15) is 0 Å². The average molecular weight is 401 g/mol. The van der Waals surface area contributed by atoms with Crippen LogP contribution in [0.1, 0.15) is 12.5 Å². The Hall–Kier alpha value is -2.45. The molecule has 2 fully saturated rings. The number of pyridine rings is 1. The summed E-state index contributed by atoms with van der Waals surface area (Å²) in [6.45, 7) is 3.16. The van der Waals surface area contributed by atoms with Gasteiger partial charge in [0, 0.05) is 30.7 Å². The molecule has 7 nitrogen and oxygen atoms in total. The molecular weight excluding hydrogens is 378 g/mol. The molecule has 0 unspecified atom stereocenters. The molecule has 1 amide bonds. The molecular formula is C20H23N3O4S. The largest absolute Gasteiger partial charge is 0.494 e. The Kier molecular flexibility index (Phi) is 5.07. The van der Waals surface area contributed by atoms with Gasteiger partial charge in [-0.05, 0) is 42.8 Å². The molecule has 0 saturated carbocycles. The van der Waals surface area contributed by atoms with Crippen molar-refractivity contribution in [2.24, 2.45) is 0 Å². The van der Waals surface area contributed by atoms with Crippen LogP contribution in [0.15, 0.2) is 48.8 Å². The molecule has 3 heterocycles. The van der Waals surface area contributed by atoms with E-state index in [1.165, 1.54) is 0 Å². The first-order chi connectivity index (χ1) is 13.5. The Morgan fingerprint density at radius 2 is 1.89 bits per heavy atom. The lowest BCUT2D eigenvalue weighted by molar-refractivity contribution is -0.123. The summed E-state index contributed by atoms with van der Waals surface area (Å²) >= 11 is 0. The number of rotatable bonds is 5. The van der Waals surface area contributed by atoms with Crippen LogP contribution < -0.4 is 9.64 Å². The Balaban J connectivity index is 1.62. The minimum absolute atomic E-state index is 0.0137. The van der Waals surface area contributed by atoms with Gasteiger partial charge in [0.2, 0.25) is 5.91 Å². The first-order valence-corrected chi connectivity index (χ1v) is 11.2. The van der Waals surface area contributed by atoms with Gasteiger partial charge < -0.3 is 9.64 Å². The van der Waals surface area contributed by atoms with Crippen molar-refractivity contribution in [3.05, 3.63) is 54.4 Å². The lowest BCUT2D eigenvalue weighted by Gasteiger charge is -2.43. The van der Waals surface area contributed by atoms with Crippen LogP contribution in [-0.4, -0.2) is 60.9 Å². The Morgan fingerprint density at radius 1 is 1.14 bits per heavy atom. The molecule has 2 atom stereocenters. The predicted molar refractivity (Wildman–Crippen MR) is 106 cm³/mol. The number of nitrogens with zero attached hydrogens (tertiary/aromatic N) is 3. The van der Waals surface area contributed by atoms with Crippen LogP contribution in [0.3, 0.4) is 0 Å². The van der Waals surface area contributed by atoms with Gasteiger partial charge in [0.05, 0.1) is 30.7 Å². The molecule has 2 aliphatic rings. The number of benzene rings is 1.